The molecule has 0 aromatic carbocycles. The molecule has 1 saturated heterocycles. The number of carbonyl (C=O) groups is 11. The Morgan fingerprint density at radius 2 is 1.02 bits per heavy atom. The van der Waals surface area contributed by atoms with Crippen molar-refractivity contribution in [3.05, 3.63) is 24.8 Å². The van der Waals surface area contributed by atoms with Crippen LogP contribution < -0.4 is 21.3 Å². The molecule has 5 N–H and O–H groups in total. The zero-order valence-electron chi connectivity index (χ0n) is 65.4. The van der Waals surface area contributed by atoms with E-state index in [1.165, 1.54) is 104 Å². The van der Waals surface area contributed by atoms with Gasteiger partial charge < -0.3 is 70.3 Å². The quantitative estimate of drug-likeness (QED) is 0.0507. The number of hydrogen-bond acceptors (Lipinski definition) is 15. The first-order valence-electron chi connectivity index (χ1n) is 35.9. The number of unbranched alkanes of at least 4 members (excludes halogenated alkanes) is 1. The van der Waals surface area contributed by atoms with Gasteiger partial charge in [-0.05, 0) is 140 Å². The molecule has 0 unspecified atom stereocenters. The summed E-state index contributed by atoms with van der Waals surface area (Å²) in [6.07, 6.45) is 5.58. The molecule has 0 aromatic rings. The molecule has 0 aliphatic carbocycles. The molecule has 1 rings (SSSR count). The third kappa shape index (κ3) is 27.0. The Morgan fingerprint density at radius 3 is 1.51 bits per heavy atom. The fraction of sp³-hybridized carbons (Fsp3) is 0.795. The summed E-state index contributed by atoms with van der Waals surface area (Å²) < 4.78 is 6.18. The molecule has 1 heterocycles. The van der Waals surface area contributed by atoms with Crippen LogP contribution in [0, 0.1) is 35.5 Å². The van der Waals surface area contributed by atoms with Crippen molar-refractivity contribution in [1.29, 1.82) is 0 Å². The van der Waals surface area contributed by atoms with E-state index in [2.05, 4.69) is 46.6 Å². The van der Waals surface area contributed by atoms with Crippen LogP contribution >= 0.6 is 11.8 Å². The highest BCUT2D eigenvalue weighted by atomic mass is 32.2. The van der Waals surface area contributed by atoms with E-state index in [0.29, 0.717) is 18.6 Å². The maximum absolute atomic E-state index is 15.7. The number of carbonyl (C=O) groups excluding carboxylic acids is 11. The van der Waals surface area contributed by atoms with Gasteiger partial charge in [0.25, 0.3) is 5.91 Å². The van der Waals surface area contributed by atoms with Crippen molar-refractivity contribution < 1.29 is 62.6 Å². The summed E-state index contributed by atoms with van der Waals surface area (Å²) in [5, 5.41) is 22.3. The number of ether oxygens (including phenoxy) is 1. The Balaban J connectivity index is 4.66. The number of thioether (sulfide) groups is 1. The fourth-order valence-corrected chi connectivity index (χ4v) is 13.6. The number of allylic oxidation sites excluding steroid dienone is 2. The van der Waals surface area contributed by atoms with Crippen LogP contribution in [0.4, 0.5) is 0 Å². The summed E-state index contributed by atoms with van der Waals surface area (Å²) in [6, 6.07) is -12.9. The average molecular weight is 1420 g/mol. The molecule has 0 spiro atoms. The number of likely N-dealkylation sites (N-methyl/N-ethyl adjacent to an activating group) is 7. The van der Waals surface area contributed by atoms with Crippen molar-refractivity contribution in [1.82, 2.24) is 60.5 Å². The highest BCUT2D eigenvalue weighted by molar-refractivity contribution is 8.00. The van der Waals surface area contributed by atoms with Crippen molar-refractivity contribution >= 4 is 76.7 Å². The summed E-state index contributed by atoms with van der Waals surface area (Å²) >= 11 is 1.19. The lowest BCUT2D eigenvalue weighted by Crippen LogP contribution is -2.64. The molecule has 1 fully saturated rings. The van der Waals surface area contributed by atoms with Crippen molar-refractivity contribution in [2.75, 3.05) is 81.3 Å². The molecule has 99 heavy (non-hydrogen) atoms. The number of amides is 11. The minimum atomic E-state index is -1.65. The van der Waals surface area contributed by atoms with Gasteiger partial charge in [-0.25, -0.2) is 0 Å². The second kappa shape index (κ2) is 43.0. The van der Waals surface area contributed by atoms with Crippen LogP contribution in [0.1, 0.15) is 183 Å². The van der Waals surface area contributed by atoms with Gasteiger partial charge in [0, 0.05) is 55.8 Å². The molecule has 1 aliphatic heterocycles. The molecule has 13 atom stereocenters. The molecule has 1 aliphatic rings. The van der Waals surface area contributed by atoms with Gasteiger partial charge in [-0.15, -0.1) is 18.3 Å². The largest absolute Gasteiger partial charge is 0.390 e. The van der Waals surface area contributed by atoms with E-state index >= 15 is 38.4 Å². The summed E-state index contributed by atoms with van der Waals surface area (Å²) in [6.45, 7) is 40.2. The normalized spacial score (nSPS) is 25.7. The third-order valence-corrected chi connectivity index (χ3v) is 20.2. The molecule has 26 heteroatoms. The Labute approximate surface area is 599 Å². The summed E-state index contributed by atoms with van der Waals surface area (Å²) in [5.74, 6) is -9.62. The number of rotatable bonds is 26. The predicted molar refractivity (Wildman–Crippen MR) is 392 cm³/mol. The van der Waals surface area contributed by atoms with E-state index in [4.69, 9.17) is 4.74 Å². The molecule has 11 amide bonds. The molecular formula is C73H132N12O13S. The fourth-order valence-electron chi connectivity index (χ4n) is 12.4. The van der Waals surface area contributed by atoms with Crippen LogP contribution in [0.5, 0.6) is 0 Å². The highest BCUT2D eigenvalue weighted by Crippen LogP contribution is 2.29. The first kappa shape index (κ1) is 90.9. The van der Waals surface area contributed by atoms with E-state index in [1.807, 2.05) is 54.5 Å². The summed E-state index contributed by atoms with van der Waals surface area (Å²) in [5.41, 5.74) is -1.10. The standard InChI is InChI=1S/C73H132N12O13S/c1-28-33-36-49(16)60(86)59-64(90)76-52(30-3)66(92)84(27)72(99-39-35-34-37-85(31-4)32-5)71(97)81(24)56(43-73(19,20)98-38-29-2)63(89)77-57(47(12)13)69(95)78(21)53(40-44(6)7)62(88)74-50(17)61(87)75-51(18)65(91)79(22)54(41-45(8)9)67(93)80(23)55(42-46(10)11)68(94)82(25)58(48(14)15)70(96)83(59)26/h28-29,33,44-60,72,86H,2,30-32,34-43H2,1,3-27H3,(H,74,88)(H,75,87)(H,76,90)(H,77,89)/b33-28+/t49-,50+,51-,52+,53+,54+,55+,56+,57+,58+,59+,60-,72-/m1/s1. The maximum Gasteiger partial charge on any atom is 0.256 e. The van der Waals surface area contributed by atoms with E-state index in [9.17, 15) is 19.5 Å². The number of nitrogens with one attached hydrogen (secondary N) is 4. The van der Waals surface area contributed by atoms with Crippen LogP contribution in [0.25, 0.3) is 0 Å². The van der Waals surface area contributed by atoms with Crippen LogP contribution in [-0.4, -0.2) is 268 Å². The lowest BCUT2D eigenvalue weighted by molar-refractivity contribution is -0.157. The van der Waals surface area contributed by atoms with Crippen molar-refractivity contribution in [3.8, 4) is 0 Å². The van der Waals surface area contributed by atoms with Crippen LogP contribution in [-0.2, 0) is 57.5 Å². The van der Waals surface area contributed by atoms with Gasteiger partial charge in [-0.2, -0.15) is 0 Å². The topological polar surface area (TPSA) is 291 Å². The zero-order chi connectivity index (χ0) is 76.4. The minimum Gasteiger partial charge on any atom is -0.390 e. The molecule has 568 valence electrons. The second-order valence-electron chi connectivity index (χ2n) is 29.7. The molecule has 0 radical (unpaired) electrons. The van der Waals surface area contributed by atoms with Gasteiger partial charge in [0.05, 0.1) is 18.3 Å². The Morgan fingerprint density at radius 1 is 0.545 bits per heavy atom. The Kier molecular flexibility index (Phi) is 39.5. The first-order valence-corrected chi connectivity index (χ1v) is 37.0. The smallest absolute Gasteiger partial charge is 0.256 e. The first-order chi connectivity index (χ1) is 46.0. The van der Waals surface area contributed by atoms with Crippen molar-refractivity contribution in [3.63, 3.8) is 0 Å². The molecule has 25 nitrogen and oxygen atoms in total. The van der Waals surface area contributed by atoms with E-state index in [-0.39, 0.29) is 56.5 Å². The van der Waals surface area contributed by atoms with Crippen LogP contribution in [0.3, 0.4) is 0 Å². The minimum absolute atomic E-state index is 0.0161. The number of aliphatic hydroxyl groups is 1. The second-order valence-corrected chi connectivity index (χ2v) is 30.9. The van der Waals surface area contributed by atoms with E-state index in [1.54, 1.807) is 67.5 Å². The lowest BCUT2D eigenvalue weighted by Gasteiger charge is -2.41. The van der Waals surface area contributed by atoms with Gasteiger partial charge in [0.1, 0.15) is 60.4 Å². The molecular weight excluding hydrogens is 1280 g/mol. The molecule has 0 saturated carbocycles. The monoisotopic (exact) mass is 1420 g/mol. The van der Waals surface area contributed by atoms with Crippen molar-refractivity contribution in [2.45, 2.75) is 260 Å². The number of nitrogens with zero attached hydrogens (tertiary/aromatic N) is 8. The highest BCUT2D eigenvalue weighted by Gasteiger charge is 2.47. The SMILES string of the molecule is C=CCOC(C)(C)C[C@H]1C(=O)N[C@@H](C(C)C)C(=O)N(C)[C@@H](CC(C)C)C(=O)N[C@@H](C)C(=O)N[C@H](C)C(=O)N(C)[C@@H](CC(C)C)C(=O)N(C)[C@@H](CC(C)C)C(=O)N(C)[C@@H](C(C)C)C(=O)N(C)[C@@H]([C@H](O)[C@H](C)C/C=C/C)C(=O)N[C@@H](CC)C(=O)N(C)[C@H](SCCCCN(CC)CC)C(=O)N1C. The summed E-state index contributed by atoms with van der Waals surface area (Å²) in [7, 11) is 10.0. The lowest BCUT2D eigenvalue weighted by atomic mass is 9.91. The third-order valence-electron chi connectivity index (χ3n) is 18.8. The van der Waals surface area contributed by atoms with Crippen LogP contribution in [0.2, 0.25) is 0 Å². The van der Waals surface area contributed by atoms with Crippen molar-refractivity contribution in [2.24, 2.45) is 35.5 Å². The van der Waals surface area contributed by atoms with E-state index in [0.717, 1.165) is 31.0 Å². The Bertz CT molecular complexity index is 2690. The Hall–Kier alpha value is -6.12. The average Bonchev–Trinajstić information content (AvgIpc) is 0.805. The number of aliphatic hydroxyl groups excluding tert-OH is 1. The van der Waals surface area contributed by atoms with Gasteiger partial charge in [0.2, 0.25) is 59.1 Å². The van der Waals surface area contributed by atoms with Gasteiger partial charge >= 0.3 is 0 Å². The summed E-state index contributed by atoms with van der Waals surface area (Å²) in [4.78, 5) is 177. The van der Waals surface area contributed by atoms with E-state index < -0.39 is 160 Å². The predicted octanol–water partition coefficient (Wildman–Crippen LogP) is 5.78. The van der Waals surface area contributed by atoms with Gasteiger partial charge in [0.15, 0.2) is 5.37 Å². The van der Waals surface area contributed by atoms with Gasteiger partial charge in [-0.1, -0.05) is 115 Å². The van der Waals surface area contributed by atoms with Crippen LogP contribution in [0.15, 0.2) is 24.8 Å². The maximum atomic E-state index is 15.7. The molecule has 0 aromatic heterocycles. The zero-order valence-corrected chi connectivity index (χ0v) is 66.2. The molecule has 0 bridgehead atoms. The number of hydrogen-bond donors (Lipinski definition) is 5. The van der Waals surface area contributed by atoms with Gasteiger partial charge in [-0.3, -0.25) is 52.7 Å².